The van der Waals surface area contributed by atoms with Gasteiger partial charge in [0.25, 0.3) is 0 Å². The Hall–Kier alpha value is -2.24. The lowest BCUT2D eigenvalue weighted by atomic mass is 10.1. The molecular weight excluding hydrogens is 240 g/mol. The SMILES string of the molecule is CN(C)c1ccnc(N2CCc3ncncc3C2)n1. The second kappa shape index (κ2) is 4.79. The normalized spacial score (nSPS) is 14.1. The molecule has 0 N–H and O–H groups in total. The summed E-state index contributed by atoms with van der Waals surface area (Å²) in [6.45, 7) is 1.66. The lowest BCUT2D eigenvalue weighted by Gasteiger charge is -2.28. The second-order valence-electron chi connectivity index (χ2n) is 4.78. The van der Waals surface area contributed by atoms with E-state index in [0.29, 0.717) is 0 Å². The smallest absolute Gasteiger partial charge is 0.227 e. The molecule has 0 spiro atoms. The van der Waals surface area contributed by atoms with Gasteiger partial charge in [-0.3, -0.25) is 0 Å². The van der Waals surface area contributed by atoms with E-state index in [2.05, 4.69) is 24.8 Å². The Balaban J connectivity index is 1.87. The van der Waals surface area contributed by atoms with Crippen molar-refractivity contribution in [1.82, 2.24) is 19.9 Å². The molecule has 3 heterocycles. The predicted octanol–water partition coefficient (Wildman–Crippen LogP) is 0.895. The van der Waals surface area contributed by atoms with E-state index < -0.39 is 0 Å². The minimum atomic E-state index is 0.765. The van der Waals surface area contributed by atoms with Crippen molar-refractivity contribution in [1.29, 1.82) is 0 Å². The van der Waals surface area contributed by atoms with Gasteiger partial charge >= 0.3 is 0 Å². The Labute approximate surface area is 112 Å². The molecule has 6 heteroatoms. The summed E-state index contributed by atoms with van der Waals surface area (Å²) in [7, 11) is 3.96. The molecule has 0 unspecified atom stereocenters. The molecule has 0 fully saturated rings. The third kappa shape index (κ3) is 2.33. The van der Waals surface area contributed by atoms with E-state index in [4.69, 9.17) is 0 Å². The van der Waals surface area contributed by atoms with E-state index in [9.17, 15) is 0 Å². The highest BCUT2D eigenvalue weighted by Gasteiger charge is 2.19. The van der Waals surface area contributed by atoms with Crippen LogP contribution < -0.4 is 9.80 Å². The Morgan fingerprint density at radius 2 is 2.16 bits per heavy atom. The van der Waals surface area contributed by atoms with Gasteiger partial charge in [-0.05, 0) is 6.07 Å². The van der Waals surface area contributed by atoms with Gasteiger partial charge < -0.3 is 9.80 Å². The monoisotopic (exact) mass is 256 g/mol. The minimum absolute atomic E-state index is 0.765. The number of fused-ring (bicyclic) bond motifs is 1. The Morgan fingerprint density at radius 1 is 1.26 bits per heavy atom. The molecule has 3 rings (SSSR count). The van der Waals surface area contributed by atoms with E-state index in [0.717, 1.165) is 42.5 Å². The average Bonchev–Trinajstić information content (AvgIpc) is 2.47. The van der Waals surface area contributed by atoms with Crippen LogP contribution in [0, 0.1) is 0 Å². The van der Waals surface area contributed by atoms with Crippen molar-refractivity contribution in [3.8, 4) is 0 Å². The highest BCUT2D eigenvalue weighted by molar-refractivity contribution is 5.44. The van der Waals surface area contributed by atoms with Crippen LogP contribution in [0.1, 0.15) is 11.3 Å². The summed E-state index contributed by atoms with van der Waals surface area (Å²) in [6, 6.07) is 1.91. The molecule has 0 bridgehead atoms. The first-order chi connectivity index (χ1) is 9.24. The minimum Gasteiger partial charge on any atom is -0.363 e. The third-order valence-electron chi connectivity index (χ3n) is 3.23. The Morgan fingerprint density at radius 3 is 3.00 bits per heavy atom. The van der Waals surface area contributed by atoms with Crippen LogP contribution in [0.2, 0.25) is 0 Å². The number of nitrogens with zero attached hydrogens (tertiary/aromatic N) is 6. The highest BCUT2D eigenvalue weighted by Crippen LogP contribution is 2.20. The van der Waals surface area contributed by atoms with Gasteiger partial charge in [0.05, 0.1) is 5.69 Å². The summed E-state index contributed by atoms with van der Waals surface area (Å²) in [5.41, 5.74) is 2.29. The largest absolute Gasteiger partial charge is 0.363 e. The van der Waals surface area contributed by atoms with Crippen molar-refractivity contribution in [2.45, 2.75) is 13.0 Å². The van der Waals surface area contributed by atoms with Crippen LogP contribution in [-0.4, -0.2) is 40.6 Å². The Kier molecular flexibility index (Phi) is 2.98. The molecule has 0 aromatic carbocycles. The van der Waals surface area contributed by atoms with E-state index in [-0.39, 0.29) is 0 Å². The first-order valence-electron chi connectivity index (χ1n) is 6.27. The predicted molar refractivity (Wildman–Crippen MR) is 73.1 cm³/mol. The molecule has 0 radical (unpaired) electrons. The van der Waals surface area contributed by atoms with Gasteiger partial charge in [0.15, 0.2) is 0 Å². The fourth-order valence-electron chi connectivity index (χ4n) is 2.18. The summed E-state index contributed by atoms with van der Waals surface area (Å²) in [5, 5.41) is 0. The van der Waals surface area contributed by atoms with Crippen molar-refractivity contribution < 1.29 is 0 Å². The van der Waals surface area contributed by atoms with E-state index in [1.165, 1.54) is 0 Å². The standard InChI is InChI=1S/C13H16N6/c1-18(2)12-3-5-15-13(17-12)19-6-4-11-10(8-19)7-14-9-16-11/h3,5,7,9H,4,6,8H2,1-2H3. The molecule has 2 aromatic rings. The van der Waals surface area contributed by atoms with Crippen LogP contribution in [0.4, 0.5) is 11.8 Å². The van der Waals surface area contributed by atoms with Crippen LogP contribution in [0.3, 0.4) is 0 Å². The van der Waals surface area contributed by atoms with Crippen molar-refractivity contribution >= 4 is 11.8 Å². The maximum absolute atomic E-state index is 4.57. The van der Waals surface area contributed by atoms with Crippen LogP contribution in [0.15, 0.2) is 24.8 Å². The number of hydrogen-bond donors (Lipinski definition) is 0. The van der Waals surface area contributed by atoms with Gasteiger partial charge in [0.1, 0.15) is 12.1 Å². The Bertz CT molecular complexity index is 583. The molecule has 6 nitrogen and oxygen atoms in total. The molecule has 0 saturated carbocycles. The molecule has 0 amide bonds. The van der Waals surface area contributed by atoms with E-state index >= 15 is 0 Å². The van der Waals surface area contributed by atoms with Crippen LogP contribution in [-0.2, 0) is 13.0 Å². The zero-order valence-corrected chi connectivity index (χ0v) is 11.1. The average molecular weight is 256 g/mol. The first-order valence-corrected chi connectivity index (χ1v) is 6.27. The fraction of sp³-hybridized carbons (Fsp3) is 0.385. The number of hydrogen-bond acceptors (Lipinski definition) is 6. The highest BCUT2D eigenvalue weighted by atomic mass is 15.3. The van der Waals surface area contributed by atoms with Gasteiger partial charge in [-0.1, -0.05) is 0 Å². The molecule has 0 atom stereocenters. The van der Waals surface area contributed by atoms with Gasteiger partial charge in [-0.2, -0.15) is 4.98 Å². The molecular formula is C13H16N6. The van der Waals surface area contributed by atoms with E-state index in [1.54, 1.807) is 12.5 Å². The first kappa shape index (κ1) is 11.8. The topological polar surface area (TPSA) is 58.0 Å². The van der Waals surface area contributed by atoms with Crippen molar-refractivity contribution in [3.05, 3.63) is 36.0 Å². The molecule has 2 aromatic heterocycles. The summed E-state index contributed by atoms with van der Waals surface area (Å²) < 4.78 is 0. The summed E-state index contributed by atoms with van der Waals surface area (Å²) in [6.07, 6.45) is 6.20. The van der Waals surface area contributed by atoms with Crippen molar-refractivity contribution in [2.24, 2.45) is 0 Å². The maximum Gasteiger partial charge on any atom is 0.227 e. The van der Waals surface area contributed by atoms with Crippen molar-refractivity contribution in [2.75, 3.05) is 30.4 Å². The molecule has 1 aliphatic rings. The lowest BCUT2D eigenvalue weighted by Crippen LogP contribution is -2.32. The number of aromatic nitrogens is 4. The third-order valence-corrected chi connectivity index (χ3v) is 3.23. The molecule has 1 aliphatic heterocycles. The van der Waals surface area contributed by atoms with Crippen LogP contribution >= 0.6 is 0 Å². The van der Waals surface area contributed by atoms with Crippen LogP contribution in [0.25, 0.3) is 0 Å². The van der Waals surface area contributed by atoms with Crippen molar-refractivity contribution in [3.63, 3.8) is 0 Å². The molecule has 0 saturated heterocycles. The molecule has 98 valence electrons. The fourth-order valence-corrected chi connectivity index (χ4v) is 2.18. The molecule has 19 heavy (non-hydrogen) atoms. The quantitative estimate of drug-likeness (QED) is 0.795. The van der Waals surface area contributed by atoms with Gasteiger partial charge in [0, 0.05) is 51.6 Å². The number of anilines is 2. The van der Waals surface area contributed by atoms with E-state index in [1.807, 2.05) is 31.3 Å². The number of rotatable bonds is 2. The second-order valence-corrected chi connectivity index (χ2v) is 4.78. The van der Waals surface area contributed by atoms with Gasteiger partial charge in [0.2, 0.25) is 5.95 Å². The van der Waals surface area contributed by atoms with Crippen LogP contribution in [0.5, 0.6) is 0 Å². The summed E-state index contributed by atoms with van der Waals surface area (Å²) in [5.74, 6) is 1.68. The summed E-state index contributed by atoms with van der Waals surface area (Å²) >= 11 is 0. The lowest BCUT2D eigenvalue weighted by molar-refractivity contribution is 0.685. The molecule has 0 aliphatic carbocycles. The zero-order valence-electron chi connectivity index (χ0n) is 11.1. The maximum atomic E-state index is 4.57. The zero-order chi connectivity index (χ0) is 13.2. The summed E-state index contributed by atoms with van der Waals surface area (Å²) in [4.78, 5) is 21.5. The van der Waals surface area contributed by atoms with Gasteiger partial charge in [-0.15, -0.1) is 0 Å². The van der Waals surface area contributed by atoms with Gasteiger partial charge in [-0.25, -0.2) is 15.0 Å².